The smallest absolute Gasteiger partial charge is 0.368 e. The fraction of sp³-hybridized carbons (Fsp3) is 0.294. The maximum Gasteiger partial charge on any atom is 0.419 e. The van der Waals surface area contributed by atoms with Crippen LogP contribution in [0.3, 0.4) is 0 Å². The first-order chi connectivity index (χ1) is 11.9. The van der Waals surface area contributed by atoms with Crippen LogP contribution >= 0.6 is 0 Å². The summed E-state index contributed by atoms with van der Waals surface area (Å²) in [6.45, 7) is 2.12. The van der Waals surface area contributed by atoms with E-state index < -0.39 is 17.8 Å². The third-order valence-electron chi connectivity index (χ3n) is 3.46. The Morgan fingerprint density at radius 2 is 1.84 bits per heavy atom. The van der Waals surface area contributed by atoms with Crippen molar-refractivity contribution in [1.29, 1.82) is 0 Å². The number of pyridine rings is 1. The lowest BCUT2D eigenvalue weighted by molar-refractivity contribution is -0.137. The Kier molecular flexibility index (Phi) is 6.21. The van der Waals surface area contributed by atoms with E-state index in [4.69, 9.17) is 0 Å². The van der Waals surface area contributed by atoms with Gasteiger partial charge in [0.15, 0.2) is 0 Å². The van der Waals surface area contributed by atoms with Crippen LogP contribution in [0.25, 0.3) is 0 Å². The fourth-order valence-corrected chi connectivity index (χ4v) is 2.20. The maximum atomic E-state index is 12.8. The monoisotopic (exact) mass is 352 g/mol. The molecular weight excluding hydrogens is 333 g/mol. The van der Waals surface area contributed by atoms with Crippen molar-refractivity contribution < 1.29 is 18.0 Å². The summed E-state index contributed by atoms with van der Waals surface area (Å²) < 4.78 is 38.5. The van der Waals surface area contributed by atoms with Crippen molar-refractivity contribution in [3.05, 3.63) is 59.8 Å². The molecule has 0 aliphatic rings. The Balaban J connectivity index is 1.77. The molecule has 1 atom stereocenters. The van der Waals surface area contributed by atoms with Crippen LogP contribution in [0.4, 0.5) is 23.8 Å². The average Bonchev–Trinajstić information content (AvgIpc) is 2.59. The second kappa shape index (κ2) is 8.36. The van der Waals surface area contributed by atoms with E-state index >= 15 is 0 Å². The Bertz CT molecular complexity index is 692. The molecule has 2 amide bonds. The first kappa shape index (κ1) is 18.6. The molecule has 1 unspecified atom stereocenters. The summed E-state index contributed by atoms with van der Waals surface area (Å²) in [6.07, 6.45) is -3.20. The van der Waals surface area contributed by atoms with Gasteiger partial charge in [0.05, 0.1) is 11.6 Å². The number of amides is 2. The quantitative estimate of drug-likeness (QED) is 0.697. The Morgan fingerprint density at radius 3 is 2.52 bits per heavy atom. The van der Waals surface area contributed by atoms with Crippen molar-refractivity contribution in [2.24, 2.45) is 0 Å². The minimum absolute atomic E-state index is 0.118. The van der Waals surface area contributed by atoms with Crippen molar-refractivity contribution in [1.82, 2.24) is 15.6 Å². The Morgan fingerprint density at radius 1 is 1.12 bits per heavy atom. The van der Waals surface area contributed by atoms with Gasteiger partial charge in [-0.15, -0.1) is 0 Å². The van der Waals surface area contributed by atoms with Crippen LogP contribution in [0.1, 0.15) is 24.1 Å². The molecule has 5 nitrogen and oxygen atoms in total. The van der Waals surface area contributed by atoms with Gasteiger partial charge in [0.2, 0.25) is 0 Å². The molecule has 1 aromatic heterocycles. The highest BCUT2D eigenvalue weighted by molar-refractivity contribution is 5.74. The van der Waals surface area contributed by atoms with E-state index in [1.807, 2.05) is 37.3 Å². The first-order valence-corrected chi connectivity index (χ1v) is 7.73. The number of urea groups is 1. The van der Waals surface area contributed by atoms with Gasteiger partial charge in [-0.3, -0.25) is 0 Å². The van der Waals surface area contributed by atoms with Crippen LogP contribution in [-0.2, 0) is 6.18 Å². The average molecular weight is 352 g/mol. The van der Waals surface area contributed by atoms with E-state index in [1.165, 1.54) is 12.3 Å². The molecule has 0 saturated carbocycles. The van der Waals surface area contributed by atoms with Crippen LogP contribution in [-0.4, -0.2) is 24.1 Å². The fourth-order valence-electron chi connectivity index (χ4n) is 2.20. The van der Waals surface area contributed by atoms with E-state index in [0.29, 0.717) is 0 Å². The van der Waals surface area contributed by atoms with Crippen molar-refractivity contribution in [3.63, 3.8) is 0 Å². The van der Waals surface area contributed by atoms with Crippen molar-refractivity contribution in [2.75, 3.05) is 18.4 Å². The summed E-state index contributed by atoms with van der Waals surface area (Å²) >= 11 is 0. The van der Waals surface area contributed by atoms with Crippen LogP contribution in [0.2, 0.25) is 0 Å². The van der Waals surface area contributed by atoms with Crippen molar-refractivity contribution >= 4 is 11.8 Å². The Labute approximate surface area is 143 Å². The second-order valence-electron chi connectivity index (χ2n) is 5.36. The summed E-state index contributed by atoms with van der Waals surface area (Å²) in [6, 6.07) is 11.0. The van der Waals surface area contributed by atoms with Gasteiger partial charge in [-0.2, -0.15) is 13.2 Å². The van der Waals surface area contributed by atoms with E-state index in [9.17, 15) is 18.0 Å². The van der Waals surface area contributed by atoms with Gasteiger partial charge in [-0.05, 0) is 24.6 Å². The third-order valence-corrected chi connectivity index (χ3v) is 3.46. The molecular formula is C17H19F3N4O. The van der Waals surface area contributed by atoms with E-state index in [0.717, 1.165) is 11.6 Å². The number of rotatable bonds is 6. The van der Waals surface area contributed by atoms with Gasteiger partial charge in [-0.25, -0.2) is 9.78 Å². The standard InChI is InChI=1S/C17H19F3N4O/c1-12(13-6-3-2-4-7-13)24-16(25)23-11-10-22-15-14(17(18,19)20)8-5-9-21-15/h2-9,12H,10-11H2,1H3,(H,21,22)(H2,23,24,25). The summed E-state index contributed by atoms with van der Waals surface area (Å²) in [5.74, 6) is -0.255. The zero-order valence-electron chi connectivity index (χ0n) is 13.6. The molecule has 0 spiro atoms. The highest BCUT2D eigenvalue weighted by Gasteiger charge is 2.33. The molecule has 134 valence electrons. The molecule has 0 radical (unpaired) electrons. The molecule has 3 N–H and O–H groups in total. The number of anilines is 1. The minimum Gasteiger partial charge on any atom is -0.368 e. The highest BCUT2D eigenvalue weighted by Crippen LogP contribution is 2.33. The molecule has 8 heteroatoms. The summed E-state index contributed by atoms with van der Waals surface area (Å²) in [7, 11) is 0. The lowest BCUT2D eigenvalue weighted by atomic mass is 10.1. The lowest BCUT2D eigenvalue weighted by Crippen LogP contribution is -2.39. The molecule has 0 aliphatic carbocycles. The van der Waals surface area contributed by atoms with Gasteiger partial charge >= 0.3 is 12.2 Å². The molecule has 0 bridgehead atoms. The maximum absolute atomic E-state index is 12.8. The number of aromatic nitrogens is 1. The summed E-state index contributed by atoms with van der Waals surface area (Å²) in [5.41, 5.74) is 0.122. The molecule has 0 saturated heterocycles. The number of carbonyl (C=O) groups is 1. The molecule has 25 heavy (non-hydrogen) atoms. The van der Waals surface area contributed by atoms with Gasteiger partial charge in [0.1, 0.15) is 5.82 Å². The second-order valence-corrected chi connectivity index (χ2v) is 5.36. The number of halogens is 3. The van der Waals surface area contributed by atoms with E-state index in [1.54, 1.807) is 0 Å². The predicted molar refractivity (Wildman–Crippen MR) is 89.1 cm³/mol. The number of hydrogen-bond acceptors (Lipinski definition) is 3. The molecule has 2 rings (SSSR count). The molecule has 1 aromatic carbocycles. The SMILES string of the molecule is CC(NC(=O)NCCNc1ncccc1C(F)(F)F)c1ccccc1. The van der Waals surface area contributed by atoms with Gasteiger partial charge in [0.25, 0.3) is 0 Å². The molecule has 0 fully saturated rings. The lowest BCUT2D eigenvalue weighted by Gasteiger charge is -2.16. The van der Waals surface area contributed by atoms with Gasteiger partial charge in [-0.1, -0.05) is 30.3 Å². The topological polar surface area (TPSA) is 66.1 Å². The molecule has 1 heterocycles. The zero-order chi connectivity index (χ0) is 18.3. The van der Waals surface area contributed by atoms with Crippen LogP contribution in [0, 0.1) is 0 Å². The summed E-state index contributed by atoms with van der Waals surface area (Å²) in [5, 5.41) is 7.93. The van der Waals surface area contributed by atoms with E-state index in [-0.39, 0.29) is 24.9 Å². The van der Waals surface area contributed by atoms with Crippen molar-refractivity contribution in [2.45, 2.75) is 19.1 Å². The summed E-state index contributed by atoms with van der Waals surface area (Å²) in [4.78, 5) is 15.5. The van der Waals surface area contributed by atoms with Crippen LogP contribution in [0.15, 0.2) is 48.7 Å². The van der Waals surface area contributed by atoms with E-state index in [2.05, 4.69) is 20.9 Å². The van der Waals surface area contributed by atoms with Crippen LogP contribution < -0.4 is 16.0 Å². The number of nitrogens with zero attached hydrogens (tertiary/aromatic N) is 1. The molecule has 2 aromatic rings. The Hall–Kier alpha value is -2.77. The van der Waals surface area contributed by atoms with Crippen molar-refractivity contribution in [3.8, 4) is 0 Å². The predicted octanol–water partition coefficient (Wildman–Crippen LogP) is 3.57. The van der Waals surface area contributed by atoms with Gasteiger partial charge < -0.3 is 16.0 Å². The number of carbonyl (C=O) groups excluding carboxylic acids is 1. The highest BCUT2D eigenvalue weighted by atomic mass is 19.4. The first-order valence-electron chi connectivity index (χ1n) is 7.73. The number of alkyl halides is 3. The number of hydrogen-bond donors (Lipinski definition) is 3. The number of benzene rings is 1. The zero-order valence-corrected chi connectivity index (χ0v) is 13.6. The normalized spacial score (nSPS) is 12.3. The molecule has 0 aliphatic heterocycles. The number of nitrogens with one attached hydrogen (secondary N) is 3. The van der Waals surface area contributed by atoms with Crippen LogP contribution in [0.5, 0.6) is 0 Å². The largest absolute Gasteiger partial charge is 0.419 e. The van der Waals surface area contributed by atoms with Gasteiger partial charge in [0, 0.05) is 19.3 Å². The third kappa shape index (κ3) is 5.66. The minimum atomic E-state index is -4.48.